The van der Waals surface area contributed by atoms with Gasteiger partial charge >= 0.3 is 0 Å². The lowest BCUT2D eigenvalue weighted by Crippen LogP contribution is -2.31. The standard InChI is InChI=1S/C14H21N3O3S/c1-17(9-10-4-2-3-5-10)21(19,20)13-7-6-11(14(16)18)8-12(13)15/h6-8,10H,2-5,9,15H2,1H3,(H2,16,18). The summed E-state index contributed by atoms with van der Waals surface area (Å²) in [6.07, 6.45) is 4.45. The van der Waals surface area contributed by atoms with Gasteiger partial charge in [-0.1, -0.05) is 12.8 Å². The quantitative estimate of drug-likeness (QED) is 0.796. The Hall–Kier alpha value is -1.60. The van der Waals surface area contributed by atoms with Crippen LogP contribution < -0.4 is 11.5 Å². The predicted molar refractivity (Wildman–Crippen MR) is 81.1 cm³/mol. The summed E-state index contributed by atoms with van der Waals surface area (Å²) in [5, 5.41) is 0. The molecule has 1 fully saturated rings. The first kappa shape index (κ1) is 15.8. The first-order valence-corrected chi connectivity index (χ1v) is 8.42. The van der Waals surface area contributed by atoms with E-state index in [0.29, 0.717) is 12.5 Å². The van der Waals surface area contributed by atoms with Gasteiger partial charge in [0.1, 0.15) is 4.90 Å². The number of rotatable bonds is 5. The van der Waals surface area contributed by atoms with E-state index in [4.69, 9.17) is 11.5 Å². The first-order valence-electron chi connectivity index (χ1n) is 6.98. The largest absolute Gasteiger partial charge is 0.398 e. The second-order valence-electron chi connectivity index (χ2n) is 5.55. The van der Waals surface area contributed by atoms with Crippen LogP contribution >= 0.6 is 0 Å². The molecule has 0 radical (unpaired) electrons. The van der Waals surface area contributed by atoms with Crippen molar-refractivity contribution in [2.75, 3.05) is 19.3 Å². The summed E-state index contributed by atoms with van der Waals surface area (Å²) in [5.41, 5.74) is 11.2. The van der Waals surface area contributed by atoms with E-state index in [2.05, 4.69) is 0 Å². The highest BCUT2D eigenvalue weighted by molar-refractivity contribution is 7.89. The van der Waals surface area contributed by atoms with Crippen LogP contribution in [0.25, 0.3) is 0 Å². The van der Waals surface area contributed by atoms with E-state index in [1.807, 2.05) is 0 Å². The fourth-order valence-electron chi connectivity index (χ4n) is 2.76. The van der Waals surface area contributed by atoms with Crippen molar-refractivity contribution in [1.82, 2.24) is 4.31 Å². The molecule has 116 valence electrons. The third-order valence-corrected chi connectivity index (χ3v) is 5.87. The Labute approximate surface area is 125 Å². The molecule has 0 unspecified atom stereocenters. The Kier molecular flexibility index (Phi) is 4.53. The van der Waals surface area contributed by atoms with Crippen LogP contribution in [0.2, 0.25) is 0 Å². The van der Waals surface area contributed by atoms with Crippen molar-refractivity contribution >= 4 is 21.6 Å². The van der Waals surface area contributed by atoms with Crippen molar-refractivity contribution in [3.63, 3.8) is 0 Å². The van der Waals surface area contributed by atoms with E-state index in [9.17, 15) is 13.2 Å². The molecular weight excluding hydrogens is 290 g/mol. The molecule has 1 aliphatic rings. The molecular formula is C14H21N3O3S. The number of carbonyl (C=O) groups excluding carboxylic acids is 1. The van der Waals surface area contributed by atoms with Crippen molar-refractivity contribution in [2.24, 2.45) is 11.7 Å². The summed E-state index contributed by atoms with van der Waals surface area (Å²) in [4.78, 5) is 11.1. The van der Waals surface area contributed by atoms with Crippen LogP contribution in [0.5, 0.6) is 0 Å². The van der Waals surface area contributed by atoms with Crippen molar-refractivity contribution < 1.29 is 13.2 Å². The number of hydrogen-bond acceptors (Lipinski definition) is 4. The maximum Gasteiger partial charge on any atom is 0.248 e. The zero-order chi connectivity index (χ0) is 15.6. The molecule has 2 rings (SSSR count). The molecule has 0 spiro atoms. The SMILES string of the molecule is CN(CC1CCCC1)S(=O)(=O)c1ccc(C(N)=O)cc1N. The van der Waals surface area contributed by atoms with Gasteiger partial charge in [-0.2, -0.15) is 0 Å². The lowest BCUT2D eigenvalue weighted by molar-refractivity contribution is 0.1000. The highest BCUT2D eigenvalue weighted by atomic mass is 32.2. The summed E-state index contributed by atoms with van der Waals surface area (Å²) in [7, 11) is -2.08. The van der Waals surface area contributed by atoms with Gasteiger partial charge in [-0.3, -0.25) is 4.79 Å². The number of nitrogens with two attached hydrogens (primary N) is 2. The van der Waals surface area contributed by atoms with E-state index >= 15 is 0 Å². The Balaban J connectivity index is 2.23. The average molecular weight is 311 g/mol. The fraction of sp³-hybridized carbons (Fsp3) is 0.500. The van der Waals surface area contributed by atoms with Crippen LogP contribution in [0.4, 0.5) is 5.69 Å². The van der Waals surface area contributed by atoms with Crippen LogP contribution in [-0.2, 0) is 10.0 Å². The molecule has 1 saturated carbocycles. The smallest absolute Gasteiger partial charge is 0.248 e. The van der Waals surface area contributed by atoms with Crippen molar-refractivity contribution in [3.05, 3.63) is 23.8 Å². The Morgan fingerprint density at radius 1 is 1.33 bits per heavy atom. The fourth-order valence-corrected chi connectivity index (χ4v) is 4.10. The minimum absolute atomic E-state index is 0.0213. The van der Waals surface area contributed by atoms with E-state index in [-0.39, 0.29) is 16.1 Å². The summed E-state index contributed by atoms with van der Waals surface area (Å²) in [6.45, 7) is 0.499. The van der Waals surface area contributed by atoms with E-state index in [1.165, 1.54) is 22.5 Å². The summed E-state index contributed by atoms with van der Waals surface area (Å²) in [5.74, 6) is -0.221. The molecule has 1 aromatic rings. The molecule has 0 atom stereocenters. The summed E-state index contributed by atoms with van der Waals surface area (Å²) in [6, 6.07) is 4.03. The third kappa shape index (κ3) is 3.36. The minimum atomic E-state index is -3.64. The van der Waals surface area contributed by atoms with Crippen LogP contribution in [0.1, 0.15) is 36.0 Å². The van der Waals surface area contributed by atoms with Gasteiger partial charge < -0.3 is 11.5 Å². The zero-order valence-electron chi connectivity index (χ0n) is 12.1. The molecule has 1 amide bonds. The van der Waals surface area contributed by atoms with Crippen molar-refractivity contribution in [2.45, 2.75) is 30.6 Å². The predicted octanol–water partition coefficient (Wildman–Crippen LogP) is 1.18. The maximum atomic E-state index is 12.6. The van der Waals surface area contributed by atoms with Gasteiger partial charge in [0.2, 0.25) is 15.9 Å². The maximum absolute atomic E-state index is 12.6. The first-order chi connectivity index (χ1) is 9.82. The number of benzene rings is 1. The van der Waals surface area contributed by atoms with Crippen LogP contribution in [-0.4, -0.2) is 32.2 Å². The number of anilines is 1. The van der Waals surface area contributed by atoms with Crippen molar-refractivity contribution in [3.8, 4) is 0 Å². The molecule has 0 saturated heterocycles. The lowest BCUT2D eigenvalue weighted by atomic mass is 10.1. The van der Waals surface area contributed by atoms with E-state index in [0.717, 1.165) is 25.7 Å². The van der Waals surface area contributed by atoms with Gasteiger partial charge in [0.05, 0.1) is 5.69 Å². The number of carbonyl (C=O) groups is 1. The van der Waals surface area contributed by atoms with E-state index < -0.39 is 15.9 Å². The summed E-state index contributed by atoms with van der Waals surface area (Å²) >= 11 is 0. The van der Waals surface area contributed by atoms with Gasteiger partial charge in [0.25, 0.3) is 0 Å². The number of hydrogen-bond donors (Lipinski definition) is 2. The van der Waals surface area contributed by atoms with Gasteiger partial charge in [-0.15, -0.1) is 0 Å². The normalized spacial score (nSPS) is 16.5. The average Bonchev–Trinajstić information content (AvgIpc) is 2.90. The Morgan fingerprint density at radius 3 is 2.48 bits per heavy atom. The molecule has 0 bridgehead atoms. The van der Waals surface area contributed by atoms with Gasteiger partial charge in [0, 0.05) is 19.2 Å². The molecule has 6 nitrogen and oxygen atoms in total. The monoisotopic (exact) mass is 311 g/mol. The molecule has 0 aliphatic heterocycles. The molecule has 1 aliphatic carbocycles. The van der Waals surface area contributed by atoms with Gasteiger partial charge in [0.15, 0.2) is 0 Å². The number of nitrogen functional groups attached to an aromatic ring is 1. The van der Waals surface area contributed by atoms with Gasteiger partial charge in [-0.05, 0) is 37.0 Å². The number of amides is 1. The highest BCUT2D eigenvalue weighted by Crippen LogP contribution is 2.28. The molecule has 4 N–H and O–H groups in total. The van der Waals surface area contributed by atoms with Crippen molar-refractivity contribution in [1.29, 1.82) is 0 Å². The molecule has 1 aromatic carbocycles. The summed E-state index contributed by atoms with van der Waals surface area (Å²) < 4.78 is 26.4. The van der Waals surface area contributed by atoms with Gasteiger partial charge in [-0.25, -0.2) is 12.7 Å². The highest BCUT2D eigenvalue weighted by Gasteiger charge is 2.27. The Morgan fingerprint density at radius 2 is 1.95 bits per heavy atom. The zero-order valence-corrected chi connectivity index (χ0v) is 12.9. The van der Waals surface area contributed by atoms with E-state index in [1.54, 1.807) is 7.05 Å². The molecule has 7 heteroatoms. The minimum Gasteiger partial charge on any atom is -0.398 e. The van der Waals surface area contributed by atoms with Crippen LogP contribution in [0, 0.1) is 5.92 Å². The van der Waals surface area contributed by atoms with Crippen LogP contribution in [0.3, 0.4) is 0 Å². The lowest BCUT2D eigenvalue weighted by Gasteiger charge is -2.21. The molecule has 0 aromatic heterocycles. The second kappa shape index (κ2) is 6.03. The Bertz CT molecular complexity index is 637. The topological polar surface area (TPSA) is 106 Å². The third-order valence-electron chi connectivity index (χ3n) is 3.97. The number of nitrogens with zero attached hydrogens (tertiary/aromatic N) is 1. The number of primary amides is 1. The number of sulfonamides is 1. The second-order valence-corrected chi connectivity index (χ2v) is 7.57. The molecule has 0 heterocycles. The molecule has 21 heavy (non-hydrogen) atoms. The van der Waals surface area contributed by atoms with Crippen LogP contribution in [0.15, 0.2) is 23.1 Å².